The lowest BCUT2D eigenvalue weighted by molar-refractivity contribution is 0.568. The Balaban J connectivity index is 1.12. The number of aromatic nitrogens is 3. The van der Waals surface area contributed by atoms with Gasteiger partial charge in [-0.15, -0.1) is 0 Å². The molecule has 0 fully saturated rings. The fourth-order valence-corrected chi connectivity index (χ4v) is 16.3. The summed E-state index contributed by atoms with van der Waals surface area (Å²) in [5.74, 6) is 0. The second-order valence-electron chi connectivity index (χ2n) is 38.4. The monoisotopic (exact) mass is 1370 g/mol. The molecule has 0 radical (unpaired) electrons. The summed E-state index contributed by atoms with van der Waals surface area (Å²) < 4.78 is 82.3. The highest BCUT2D eigenvalue weighted by Gasteiger charge is 2.46. The highest BCUT2D eigenvalue weighted by Crippen LogP contribution is 2.51. The number of rotatable bonds is 5. The van der Waals surface area contributed by atoms with Crippen LogP contribution in [-0.4, -0.2) is 20.4 Å². The molecule has 0 atom stereocenters. The van der Waals surface area contributed by atoms with Gasteiger partial charge >= 0.3 is 0 Å². The van der Waals surface area contributed by atoms with Gasteiger partial charge in [-0.2, -0.15) is 0 Å². The minimum Gasteiger partial charge on any atom is -0.311 e. The third kappa shape index (κ3) is 11.2. The molecule has 5 nitrogen and oxygen atoms in total. The molecule has 2 aliphatic rings. The predicted octanol–water partition coefficient (Wildman–Crippen LogP) is 25.4. The Bertz CT molecular complexity index is 6120. The van der Waals surface area contributed by atoms with Gasteiger partial charge in [0, 0.05) is 77.8 Å². The van der Waals surface area contributed by atoms with Crippen molar-refractivity contribution in [1.82, 2.24) is 13.7 Å². The van der Waals surface area contributed by atoms with Crippen LogP contribution in [0.1, 0.15) is 222 Å². The summed E-state index contributed by atoms with van der Waals surface area (Å²) in [4.78, 5) is 5.04. The van der Waals surface area contributed by atoms with Crippen molar-refractivity contribution in [3.8, 4) is 17.1 Å². The highest BCUT2D eigenvalue weighted by atomic mass is 15.2. The van der Waals surface area contributed by atoms with Gasteiger partial charge in [0.2, 0.25) is 0 Å². The van der Waals surface area contributed by atoms with Crippen LogP contribution in [0.2, 0.25) is 0 Å². The molecule has 14 aromatic rings. The van der Waals surface area contributed by atoms with Crippen LogP contribution < -0.4 is 26.2 Å². The third-order valence-electron chi connectivity index (χ3n) is 22.6. The molecule has 5 heterocycles. The summed E-state index contributed by atoms with van der Waals surface area (Å²) >= 11 is 0. The van der Waals surface area contributed by atoms with Crippen LogP contribution in [0.4, 0.5) is 34.1 Å². The smallest absolute Gasteiger partial charge is 0.252 e. The first-order chi connectivity index (χ1) is 51.9. The summed E-state index contributed by atoms with van der Waals surface area (Å²) in [6, 6.07) is 57.6. The Morgan fingerprint density at radius 1 is 0.231 bits per heavy atom. The summed E-state index contributed by atoms with van der Waals surface area (Å²) in [5.41, 5.74) is 23.7. The fourth-order valence-electron chi connectivity index (χ4n) is 16.3. The van der Waals surface area contributed by atoms with Gasteiger partial charge in [0.1, 0.15) is 0 Å². The molecule has 0 spiro atoms. The van der Waals surface area contributed by atoms with Gasteiger partial charge in [-0.05, 0) is 225 Å². The van der Waals surface area contributed by atoms with Gasteiger partial charge in [0.05, 0.1) is 49.8 Å². The standard InChI is InChI=1S/C98H106BN5/c1-91(2,3)59-33-41-82-74(51-59)75-52-60(92(4,5)6)34-42-83(75)101(82)68-38-40-79-87(56-68)104(70-49-65(97(19,20)21)46-66(50-70)98(22,23)24)89-58-71(102-84-43-35-61(93(7,8)9)53-76(84)77-54-62(94(10,11)12)36-44-85(77)102)57-88-90(89)99(79)78-39-37-67(100-80-31-27-25-29-72(80)73-30-26-28-32-81(73)100)55-86(78)103(88)69-47-63(95(13,14)15)45-64(48-69)96(16,17)18/h25-58H,1-24H3/i25D,26D,27D,28D,29D,30D,31D,32D. The molecule has 0 unspecified atom stereocenters. The van der Waals surface area contributed by atoms with Crippen LogP contribution in [-0.2, 0) is 43.3 Å². The molecular formula is C98H106BN5. The van der Waals surface area contributed by atoms with Gasteiger partial charge in [-0.25, -0.2) is 0 Å². The zero-order chi connectivity index (χ0) is 80.9. The van der Waals surface area contributed by atoms with E-state index in [1.54, 1.807) is 4.57 Å². The van der Waals surface area contributed by atoms with E-state index in [1.807, 2.05) is 6.07 Å². The molecule has 6 heteroatoms. The maximum absolute atomic E-state index is 9.85. The van der Waals surface area contributed by atoms with Crippen LogP contribution >= 0.6 is 0 Å². The van der Waals surface area contributed by atoms with E-state index in [9.17, 15) is 8.22 Å². The third-order valence-corrected chi connectivity index (χ3v) is 22.6. The van der Waals surface area contributed by atoms with Crippen LogP contribution in [0.25, 0.3) is 82.5 Å². The van der Waals surface area contributed by atoms with Crippen molar-refractivity contribution >= 4 is 123 Å². The first kappa shape index (κ1) is 59.8. The van der Waals surface area contributed by atoms with E-state index in [0.29, 0.717) is 5.69 Å². The average Bonchev–Trinajstić information content (AvgIpc) is 0.962. The quantitative estimate of drug-likeness (QED) is 0.160. The van der Waals surface area contributed by atoms with Crippen molar-refractivity contribution in [1.29, 1.82) is 0 Å². The van der Waals surface area contributed by atoms with Gasteiger partial charge in [-0.1, -0.05) is 251 Å². The van der Waals surface area contributed by atoms with Crippen LogP contribution in [0, 0.1) is 0 Å². The van der Waals surface area contributed by atoms with Gasteiger partial charge in [0.25, 0.3) is 6.71 Å². The van der Waals surface area contributed by atoms with Gasteiger partial charge < -0.3 is 23.5 Å². The van der Waals surface area contributed by atoms with E-state index in [0.717, 1.165) is 106 Å². The number of hydrogen-bond acceptors (Lipinski definition) is 2. The predicted molar refractivity (Wildman–Crippen MR) is 453 cm³/mol. The SMILES string of the molecule is [2H]c1c([2H])c([2H])c2c(c1[2H])c1c([2H])c([2H])c([2H])c([2H])c1n2-c1ccc2c(c1)N(c1cc(C(C)(C)C)cc(C(C)(C)C)c1)c1cc(-n3c4ccc(C(C)(C)C)cc4c4cc(C(C)(C)C)ccc43)cc3c1B2c1ccc(-n2c4ccc(C(C)(C)C)cc4c4cc(C(C)(C)C)ccc42)cc1N3c1cc(C(C)(C)C)cc(C(C)(C)C)c1. The minimum atomic E-state index is -0.486. The maximum atomic E-state index is 9.85. The summed E-state index contributed by atoms with van der Waals surface area (Å²) in [7, 11) is 0. The molecule has 0 amide bonds. The Kier molecular flexibility index (Phi) is 13.2. The van der Waals surface area contributed by atoms with Crippen LogP contribution in [0.3, 0.4) is 0 Å². The Morgan fingerprint density at radius 3 is 0.798 bits per heavy atom. The van der Waals surface area contributed by atoms with Crippen LogP contribution in [0.5, 0.6) is 0 Å². The van der Waals surface area contributed by atoms with Gasteiger partial charge in [0.15, 0.2) is 0 Å². The minimum absolute atomic E-state index is 0.0279. The van der Waals surface area contributed by atoms with Crippen molar-refractivity contribution in [2.75, 3.05) is 9.80 Å². The zero-order valence-corrected chi connectivity index (χ0v) is 65.8. The fraction of sp³-hybridized carbons (Fsp3) is 0.327. The van der Waals surface area contributed by atoms with Gasteiger partial charge in [-0.3, -0.25) is 0 Å². The molecule has 0 N–H and O–H groups in total. The number of para-hydroxylation sites is 2. The Labute approximate surface area is 630 Å². The second-order valence-corrected chi connectivity index (χ2v) is 38.4. The number of nitrogens with zero attached hydrogens (tertiary/aromatic N) is 5. The average molecular weight is 1370 g/mol. The lowest BCUT2D eigenvalue weighted by atomic mass is 9.33. The molecular weight excluding hydrogens is 1260 g/mol. The lowest BCUT2D eigenvalue weighted by Gasteiger charge is -2.45. The molecule has 2 aliphatic heterocycles. The van der Waals surface area contributed by atoms with Crippen molar-refractivity contribution in [2.24, 2.45) is 0 Å². The Morgan fingerprint density at radius 2 is 0.500 bits per heavy atom. The normalized spacial score (nSPS) is 15.2. The molecule has 0 saturated carbocycles. The van der Waals surface area contributed by atoms with E-state index in [2.05, 4.69) is 337 Å². The van der Waals surface area contributed by atoms with E-state index < -0.39 is 30.9 Å². The largest absolute Gasteiger partial charge is 0.311 e. The van der Waals surface area contributed by atoms with E-state index in [4.69, 9.17) is 2.74 Å². The first-order valence-corrected chi connectivity index (χ1v) is 37.5. The first-order valence-electron chi connectivity index (χ1n) is 41.5. The molecule has 104 heavy (non-hydrogen) atoms. The lowest BCUT2D eigenvalue weighted by Crippen LogP contribution is -2.61. The van der Waals surface area contributed by atoms with Crippen molar-refractivity contribution < 1.29 is 11.0 Å². The summed E-state index contributed by atoms with van der Waals surface area (Å²) in [6.45, 7) is 54.6. The number of fused-ring (bicyclic) bond motifs is 13. The number of benzene rings is 11. The van der Waals surface area contributed by atoms with Crippen molar-refractivity contribution in [3.05, 3.63) is 251 Å². The molecule has 526 valence electrons. The van der Waals surface area contributed by atoms with E-state index >= 15 is 0 Å². The zero-order valence-electron chi connectivity index (χ0n) is 73.8. The molecule has 0 aliphatic carbocycles. The highest BCUT2D eigenvalue weighted by molar-refractivity contribution is 7.00. The molecule has 3 aromatic heterocycles. The topological polar surface area (TPSA) is 21.3 Å². The van der Waals surface area contributed by atoms with E-state index in [-0.39, 0.29) is 89.3 Å². The van der Waals surface area contributed by atoms with Crippen molar-refractivity contribution in [3.63, 3.8) is 0 Å². The number of anilines is 6. The van der Waals surface area contributed by atoms with E-state index in [1.165, 1.54) is 44.2 Å². The second kappa shape index (κ2) is 23.0. The maximum Gasteiger partial charge on any atom is 0.252 e. The molecule has 11 aromatic carbocycles. The number of hydrogen-bond donors (Lipinski definition) is 0. The molecule has 0 saturated heterocycles. The Hall–Kier alpha value is -9.52. The molecule has 16 rings (SSSR count). The summed E-state index contributed by atoms with van der Waals surface area (Å²) in [5, 5.41) is 4.77. The summed E-state index contributed by atoms with van der Waals surface area (Å²) in [6.07, 6.45) is 0. The molecule has 0 bridgehead atoms. The van der Waals surface area contributed by atoms with Crippen LogP contribution in [0.15, 0.2) is 206 Å². The van der Waals surface area contributed by atoms with Crippen molar-refractivity contribution in [2.45, 2.75) is 209 Å².